The van der Waals surface area contributed by atoms with Gasteiger partial charge in [0.05, 0.1) is 5.57 Å². The van der Waals surface area contributed by atoms with Crippen molar-refractivity contribution in [3.63, 3.8) is 0 Å². The Morgan fingerprint density at radius 3 is 2.39 bits per heavy atom. The quantitative estimate of drug-likeness (QED) is 0.638. The topological polar surface area (TPSA) is 46.5 Å². The van der Waals surface area contributed by atoms with Crippen molar-refractivity contribution >= 4 is 5.97 Å². The van der Waals surface area contributed by atoms with Crippen LogP contribution in [0.25, 0.3) is 0 Å². The molecule has 0 unspecified atom stereocenters. The SMILES string of the molecule is O=C(Oc1ccccc1)/C1=C(\O)CCCCCC1. The van der Waals surface area contributed by atoms with Crippen LogP contribution in [0.1, 0.15) is 38.5 Å². The van der Waals surface area contributed by atoms with Crippen LogP contribution in [-0.2, 0) is 4.79 Å². The molecule has 0 radical (unpaired) electrons. The van der Waals surface area contributed by atoms with Gasteiger partial charge in [-0.1, -0.05) is 31.0 Å². The molecule has 1 aliphatic carbocycles. The van der Waals surface area contributed by atoms with Gasteiger partial charge in [0.2, 0.25) is 0 Å². The van der Waals surface area contributed by atoms with Crippen molar-refractivity contribution in [3.05, 3.63) is 41.7 Å². The second-order valence-electron chi connectivity index (χ2n) is 4.54. The molecule has 0 amide bonds. The lowest BCUT2D eigenvalue weighted by Crippen LogP contribution is -2.14. The molecule has 0 bridgehead atoms. The van der Waals surface area contributed by atoms with Crippen LogP contribution in [0.2, 0.25) is 0 Å². The highest BCUT2D eigenvalue weighted by Gasteiger charge is 2.18. The van der Waals surface area contributed by atoms with E-state index in [9.17, 15) is 9.90 Å². The summed E-state index contributed by atoms with van der Waals surface area (Å²) in [6, 6.07) is 8.96. The van der Waals surface area contributed by atoms with E-state index in [1.807, 2.05) is 18.2 Å². The molecule has 3 nitrogen and oxygen atoms in total. The van der Waals surface area contributed by atoms with E-state index >= 15 is 0 Å². The molecule has 96 valence electrons. The Labute approximate surface area is 107 Å². The first kappa shape index (κ1) is 12.7. The Bertz CT molecular complexity index is 434. The zero-order valence-corrected chi connectivity index (χ0v) is 10.4. The van der Waals surface area contributed by atoms with Gasteiger partial charge in [-0.05, 0) is 31.4 Å². The third-order valence-corrected chi connectivity index (χ3v) is 3.14. The summed E-state index contributed by atoms with van der Waals surface area (Å²) >= 11 is 0. The molecule has 0 heterocycles. The van der Waals surface area contributed by atoms with E-state index in [1.54, 1.807) is 12.1 Å². The summed E-state index contributed by atoms with van der Waals surface area (Å²) in [6.45, 7) is 0. The first-order chi connectivity index (χ1) is 8.77. The van der Waals surface area contributed by atoms with Crippen LogP contribution in [0.15, 0.2) is 41.7 Å². The van der Waals surface area contributed by atoms with Crippen molar-refractivity contribution < 1.29 is 14.6 Å². The molecule has 0 aromatic heterocycles. The molecular weight excluding hydrogens is 228 g/mol. The molecule has 0 aliphatic heterocycles. The molecule has 1 aliphatic rings. The second kappa shape index (κ2) is 6.24. The zero-order valence-electron chi connectivity index (χ0n) is 10.4. The highest BCUT2D eigenvalue weighted by atomic mass is 16.5. The minimum atomic E-state index is -0.416. The lowest BCUT2D eigenvalue weighted by Gasteiger charge is -2.13. The fraction of sp³-hybridized carbons (Fsp3) is 0.400. The average Bonchev–Trinajstić information content (AvgIpc) is 2.35. The molecular formula is C15H18O3. The first-order valence-corrected chi connectivity index (χ1v) is 6.45. The predicted molar refractivity (Wildman–Crippen MR) is 69.4 cm³/mol. The summed E-state index contributed by atoms with van der Waals surface area (Å²) in [5.41, 5.74) is 0.443. The maximum Gasteiger partial charge on any atom is 0.342 e. The maximum atomic E-state index is 12.0. The smallest absolute Gasteiger partial charge is 0.342 e. The van der Waals surface area contributed by atoms with Crippen molar-refractivity contribution in [3.8, 4) is 5.75 Å². The van der Waals surface area contributed by atoms with E-state index in [0.717, 1.165) is 25.7 Å². The molecule has 1 aromatic rings. The molecule has 0 spiro atoms. The van der Waals surface area contributed by atoms with Crippen LogP contribution in [0, 0.1) is 0 Å². The number of aliphatic hydroxyl groups excluding tert-OH is 1. The van der Waals surface area contributed by atoms with E-state index < -0.39 is 5.97 Å². The maximum absolute atomic E-state index is 12.0. The molecule has 3 heteroatoms. The van der Waals surface area contributed by atoms with Gasteiger partial charge in [-0.2, -0.15) is 0 Å². The van der Waals surface area contributed by atoms with Crippen LogP contribution < -0.4 is 4.74 Å². The number of benzene rings is 1. The van der Waals surface area contributed by atoms with Crippen LogP contribution in [-0.4, -0.2) is 11.1 Å². The van der Waals surface area contributed by atoms with Gasteiger partial charge in [0, 0.05) is 6.42 Å². The summed E-state index contributed by atoms with van der Waals surface area (Å²) in [4.78, 5) is 12.0. The van der Waals surface area contributed by atoms with Gasteiger partial charge in [0.1, 0.15) is 11.5 Å². The van der Waals surface area contributed by atoms with Gasteiger partial charge < -0.3 is 9.84 Å². The van der Waals surface area contributed by atoms with Gasteiger partial charge in [-0.3, -0.25) is 0 Å². The molecule has 0 saturated carbocycles. The summed E-state index contributed by atoms with van der Waals surface area (Å²) in [7, 11) is 0. The zero-order chi connectivity index (χ0) is 12.8. The predicted octanol–water partition coefficient (Wildman–Crippen LogP) is 3.76. The van der Waals surface area contributed by atoms with E-state index in [0.29, 0.717) is 24.2 Å². The summed E-state index contributed by atoms with van der Waals surface area (Å²) < 4.78 is 5.26. The second-order valence-corrected chi connectivity index (χ2v) is 4.54. The van der Waals surface area contributed by atoms with Crippen LogP contribution in [0.5, 0.6) is 5.75 Å². The van der Waals surface area contributed by atoms with Crippen LogP contribution >= 0.6 is 0 Å². The molecule has 2 rings (SSSR count). The number of aliphatic hydroxyl groups is 1. The van der Waals surface area contributed by atoms with Gasteiger partial charge in [-0.15, -0.1) is 0 Å². The van der Waals surface area contributed by atoms with E-state index in [1.165, 1.54) is 0 Å². The normalized spacial score (nSPS) is 20.9. The number of allylic oxidation sites excluding steroid dienone is 1. The third-order valence-electron chi connectivity index (χ3n) is 3.14. The molecule has 1 N–H and O–H groups in total. The van der Waals surface area contributed by atoms with E-state index in [2.05, 4.69) is 0 Å². The Balaban J connectivity index is 2.09. The fourth-order valence-electron chi connectivity index (χ4n) is 2.12. The average molecular weight is 246 g/mol. The number of para-hydroxylation sites is 1. The molecule has 0 saturated heterocycles. The Kier molecular flexibility index (Phi) is 4.40. The van der Waals surface area contributed by atoms with Gasteiger partial charge >= 0.3 is 5.97 Å². The molecule has 1 aromatic carbocycles. The number of esters is 1. The molecule has 0 fully saturated rings. The highest BCUT2D eigenvalue weighted by molar-refractivity contribution is 5.90. The minimum absolute atomic E-state index is 0.204. The molecule has 18 heavy (non-hydrogen) atoms. The Morgan fingerprint density at radius 1 is 1.00 bits per heavy atom. The van der Waals surface area contributed by atoms with E-state index in [4.69, 9.17) is 4.74 Å². The highest BCUT2D eigenvalue weighted by Crippen LogP contribution is 2.23. The lowest BCUT2D eigenvalue weighted by molar-refractivity contribution is -0.130. The van der Waals surface area contributed by atoms with Gasteiger partial charge in [0.25, 0.3) is 0 Å². The largest absolute Gasteiger partial charge is 0.512 e. The number of rotatable bonds is 2. The Morgan fingerprint density at radius 2 is 1.67 bits per heavy atom. The minimum Gasteiger partial charge on any atom is -0.512 e. The lowest BCUT2D eigenvalue weighted by atomic mass is 9.98. The van der Waals surface area contributed by atoms with Crippen molar-refractivity contribution in [2.45, 2.75) is 38.5 Å². The molecule has 0 atom stereocenters. The van der Waals surface area contributed by atoms with Gasteiger partial charge in [0.15, 0.2) is 0 Å². The van der Waals surface area contributed by atoms with Crippen molar-refractivity contribution in [2.75, 3.05) is 0 Å². The summed E-state index contributed by atoms with van der Waals surface area (Å²) in [5.74, 6) is 0.307. The number of carbonyl (C=O) groups excluding carboxylic acids is 1. The summed E-state index contributed by atoms with van der Waals surface area (Å²) in [5, 5.41) is 9.90. The third kappa shape index (κ3) is 3.36. The number of carbonyl (C=O) groups is 1. The monoisotopic (exact) mass is 246 g/mol. The number of ether oxygens (including phenoxy) is 1. The van der Waals surface area contributed by atoms with Crippen molar-refractivity contribution in [1.29, 1.82) is 0 Å². The number of hydrogen-bond donors (Lipinski definition) is 1. The first-order valence-electron chi connectivity index (χ1n) is 6.45. The van der Waals surface area contributed by atoms with Crippen LogP contribution in [0.4, 0.5) is 0 Å². The van der Waals surface area contributed by atoms with Crippen LogP contribution in [0.3, 0.4) is 0 Å². The Hall–Kier alpha value is -1.77. The number of hydrogen-bond acceptors (Lipinski definition) is 3. The summed E-state index contributed by atoms with van der Waals surface area (Å²) in [6.07, 6.45) is 5.29. The fourth-order valence-corrected chi connectivity index (χ4v) is 2.12. The van der Waals surface area contributed by atoms with Gasteiger partial charge in [-0.25, -0.2) is 4.79 Å². The van der Waals surface area contributed by atoms with Crippen molar-refractivity contribution in [2.24, 2.45) is 0 Å². The standard InChI is InChI=1S/C15H18O3/c16-14-11-7-2-1-6-10-13(14)15(17)18-12-8-4-3-5-9-12/h3-5,8-9,16H,1-2,6-7,10-11H2/b14-13-. The van der Waals surface area contributed by atoms with Crippen molar-refractivity contribution in [1.82, 2.24) is 0 Å². The van der Waals surface area contributed by atoms with E-state index in [-0.39, 0.29) is 5.76 Å².